The zero-order valence-electron chi connectivity index (χ0n) is 26.7. The largest absolute Gasteiger partial charge is 0.456 e. The SMILES string of the molecule is c1ccc(C2=NC(c3cccc4oc5ccc(-c6cc7c8ccncc8n(-c8ccccc8)c7cn6)cc5c34)N=C(c3ccccc3)N2)cc1. The van der Waals surface area contributed by atoms with Gasteiger partial charge >= 0.3 is 0 Å². The van der Waals surface area contributed by atoms with E-state index >= 15 is 0 Å². The van der Waals surface area contributed by atoms with Crippen molar-refractivity contribution in [3.63, 3.8) is 0 Å². The molecule has 0 atom stereocenters. The minimum absolute atomic E-state index is 0.484. The molecule has 1 aliphatic heterocycles. The molecule has 0 radical (unpaired) electrons. The molecule has 10 rings (SSSR count). The summed E-state index contributed by atoms with van der Waals surface area (Å²) < 4.78 is 8.66. The van der Waals surface area contributed by atoms with Crippen molar-refractivity contribution in [2.45, 2.75) is 6.17 Å². The molecular formula is C43H28N6O. The molecule has 7 heteroatoms. The van der Waals surface area contributed by atoms with Gasteiger partial charge in [0.05, 0.1) is 29.1 Å². The Morgan fingerprint density at radius 2 is 1.26 bits per heavy atom. The maximum absolute atomic E-state index is 6.43. The quantitative estimate of drug-likeness (QED) is 0.202. The van der Waals surface area contributed by atoms with Crippen LogP contribution in [-0.2, 0) is 0 Å². The minimum Gasteiger partial charge on any atom is -0.456 e. The monoisotopic (exact) mass is 644 g/mol. The van der Waals surface area contributed by atoms with Crippen LogP contribution in [0.4, 0.5) is 0 Å². The fraction of sp³-hybridized carbons (Fsp3) is 0.0233. The van der Waals surface area contributed by atoms with Crippen molar-refractivity contribution in [3.05, 3.63) is 175 Å². The summed E-state index contributed by atoms with van der Waals surface area (Å²) in [6, 6.07) is 47.4. The lowest BCUT2D eigenvalue weighted by molar-refractivity contribution is 0.667. The second-order valence-electron chi connectivity index (χ2n) is 12.4. The molecule has 1 N–H and O–H groups in total. The van der Waals surface area contributed by atoms with Gasteiger partial charge < -0.3 is 14.3 Å². The summed E-state index contributed by atoms with van der Waals surface area (Å²) in [5, 5.41) is 7.74. The van der Waals surface area contributed by atoms with Crippen molar-refractivity contribution in [1.82, 2.24) is 19.9 Å². The van der Waals surface area contributed by atoms with E-state index in [1.54, 1.807) is 0 Å². The molecule has 0 unspecified atom stereocenters. The topological polar surface area (TPSA) is 80.6 Å². The molecule has 0 saturated carbocycles. The molecule has 4 aromatic heterocycles. The summed E-state index contributed by atoms with van der Waals surface area (Å²) in [5.41, 5.74) is 9.60. The number of benzene rings is 5. The van der Waals surface area contributed by atoms with Crippen molar-refractivity contribution < 1.29 is 4.42 Å². The van der Waals surface area contributed by atoms with Gasteiger partial charge in [-0.2, -0.15) is 0 Å². The van der Waals surface area contributed by atoms with Crippen LogP contribution in [0.15, 0.2) is 173 Å². The maximum atomic E-state index is 6.43. The van der Waals surface area contributed by atoms with Gasteiger partial charge in [0.15, 0.2) is 6.17 Å². The van der Waals surface area contributed by atoms with E-state index in [0.29, 0.717) is 0 Å². The first-order valence-electron chi connectivity index (χ1n) is 16.6. The Morgan fingerprint density at radius 1 is 0.560 bits per heavy atom. The number of para-hydroxylation sites is 1. The third-order valence-corrected chi connectivity index (χ3v) is 9.40. The van der Waals surface area contributed by atoms with Crippen LogP contribution in [0.2, 0.25) is 0 Å². The number of pyridine rings is 2. The van der Waals surface area contributed by atoms with Crippen LogP contribution in [0.25, 0.3) is 60.7 Å². The summed E-state index contributed by atoms with van der Waals surface area (Å²) in [5.74, 6) is 1.55. The Morgan fingerprint density at radius 3 is 2.00 bits per heavy atom. The first kappa shape index (κ1) is 28.2. The lowest BCUT2D eigenvalue weighted by Crippen LogP contribution is -2.36. The van der Waals surface area contributed by atoms with E-state index in [-0.39, 0.29) is 0 Å². The molecular weight excluding hydrogens is 617 g/mol. The van der Waals surface area contributed by atoms with E-state index in [9.17, 15) is 0 Å². The number of hydrogen-bond acceptors (Lipinski definition) is 6. The summed E-state index contributed by atoms with van der Waals surface area (Å²) in [7, 11) is 0. The van der Waals surface area contributed by atoms with Crippen LogP contribution >= 0.6 is 0 Å². The van der Waals surface area contributed by atoms with Gasteiger partial charge in [-0.25, -0.2) is 9.98 Å². The van der Waals surface area contributed by atoms with Gasteiger partial charge in [0.2, 0.25) is 0 Å². The van der Waals surface area contributed by atoms with Crippen molar-refractivity contribution in [2.24, 2.45) is 9.98 Å². The maximum Gasteiger partial charge on any atom is 0.170 e. The molecule has 7 nitrogen and oxygen atoms in total. The number of rotatable bonds is 5. The second-order valence-corrected chi connectivity index (χ2v) is 12.4. The van der Waals surface area contributed by atoms with Crippen molar-refractivity contribution in [2.75, 3.05) is 0 Å². The van der Waals surface area contributed by atoms with Crippen LogP contribution < -0.4 is 5.32 Å². The standard InChI is InChI=1S/C43H28N6O/c1-4-11-27(12-5-1)41-46-42(28-13-6-2-7-14-28)48-43(47-41)32-17-10-18-39-40(32)34-23-29(19-20-38(34)50-39)35-24-33-31-21-22-44-25-36(31)49(37(33)26-45-35)30-15-8-3-9-16-30/h1-26,43H,(H,46,47,48). The molecule has 0 spiro atoms. The molecule has 0 amide bonds. The highest BCUT2D eigenvalue weighted by Crippen LogP contribution is 2.39. The van der Waals surface area contributed by atoms with Gasteiger partial charge in [0.25, 0.3) is 0 Å². The fourth-order valence-corrected chi connectivity index (χ4v) is 7.08. The second kappa shape index (κ2) is 11.4. The summed E-state index contributed by atoms with van der Waals surface area (Å²) >= 11 is 0. The molecule has 5 aromatic carbocycles. The van der Waals surface area contributed by atoms with E-state index in [0.717, 1.165) is 89.1 Å². The number of aliphatic imine (C=N–C) groups is 2. The van der Waals surface area contributed by atoms with Gasteiger partial charge in [0, 0.05) is 55.7 Å². The molecule has 5 heterocycles. The Hall–Kier alpha value is -6.86. The predicted molar refractivity (Wildman–Crippen MR) is 201 cm³/mol. The zero-order valence-corrected chi connectivity index (χ0v) is 26.7. The molecule has 0 aliphatic carbocycles. The Kier molecular flexibility index (Phi) is 6.42. The zero-order chi connectivity index (χ0) is 33.0. The van der Waals surface area contributed by atoms with Gasteiger partial charge in [-0.1, -0.05) is 91.0 Å². The number of fused-ring (bicyclic) bond motifs is 6. The van der Waals surface area contributed by atoms with Crippen LogP contribution in [0.1, 0.15) is 22.9 Å². The minimum atomic E-state index is -0.484. The number of amidine groups is 2. The highest BCUT2D eigenvalue weighted by molar-refractivity contribution is 6.16. The average Bonchev–Trinajstić information content (AvgIpc) is 3.74. The highest BCUT2D eigenvalue weighted by atomic mass is 16.3. The number of aromatic nitrogens is 3. The molecule has 0 fully saturated rings. The van der Waals surface area contributed by atoms with E-state index in [1.807, 2.05) is 79.3 Å². The van der Waals surface area contributed by atoms with Gasteiger partial charge in [-0.15, -0.1) is 0 Å². The number of nitrogens with one attached hydrogen (secondary N) is 1. The lowest BCUT2D eigenvalue weighted by atomic mass is 10.0. The van der Waals surface area contributed by atoms with Crippen molar-refractivity contribution >= 4 is 55.4 Å². The molecule has 1 aliphatic rings. The molecule has 50 heavy (non-hydrogen) atoms. The third kappa shape index (κ3) is 4.59. The molecule has 236 valence electrons. The average molecular weight is 645 g/mol. The van der Waals surface area contributed by atoms with Crippen LogP contribution in [-0.4, -0.2) is 26.2 Å². The molecule has 9 aromatic rings. The summed E-state index contributed by atoms with van der Waals surface area (Å²) in [6.45, 7) is 0. The normalized spacial score (nSPS) is 13.5. The van der Waals surface area contributed by atoms with Gasteiger partial charge in [0.1, 0.15) is 22.8 Å². The van der Waals surface area contributed by atoms with Crippen molar-refractivity contribution in [3.8, 4) is 16.9 Å². The predicted octanol–water partition coefficient (Wildman–Crippen LogP) is 9.64. The number of hydrogen-bond donors (Lipinski definition) is 1. The number of nitrogens with zero attached hydrogens (tertiary/aromatic N) is 5. The highest BCUT2D eigenvalue weighted by Gasteiger charge is 2.24. The van der Waals surface area contributed by atoms with Crippen LogP contribution in [0, 0.1) is 0 Å². The van der Waals surface area contributed by atoms with Crippen molar-refractivity contribution in [1.29, 1.82) is 0 Å². The number of furan rings is 1. The molecule has 0 saturated heterocycles. The first-order valence-corrected chi connectivity index (χ1v) is 16.6. The Balaban J connectivity index is 1.14. The first-order chi connectivity index (χ1) is 24.8. The lowest BCUT2D eigenvalue weighted by Gasteiger charge is -2.22. The third-order valence-electron chi connectivity index (χ3n) is 9.40. The van der Waals surface area contributed by atoms with E-state index in [4.69, 9.17) is 19.4 Å². The van der Waals surface area contributed by atoms with Crippen LogP contribution in [0.3, 0.4) is 0 Å². The van der Waals surface area contributed by atoms with E-state index < -0.39 is 6.17 Å². The Labute approximate surface area is 286 Å². The van der Waals surface area contributed by atoms with Crippen LogP contribution in [0.5, 0.6) is 0 Å². The summed E-state index contributed by atoms with van der Waals surface area (Å²) in [4.78, 5) is 19.8. The smallest absolute Gasteiger partial charge is 0.170 e. The fourth-order valence-electron chi connectivity index (χ4n) is 7.08. The van der Waals surface area contributed by atoms with Gasteiger partial charge in [-0.05, 0) is 48.5 Å². The van der Waals surface area contributed by atoms with Gasteiger partial charge in [-0.3, -0.25) is 9.97 Å². The van der Waals surface area contributed by atoms with E-state index in [1.165, 1.54) is 0 Å². The van der Waals surface area contributed by atoms with E-state index in [2.05, 4.69) is 93.7 Å². The molecule has 0 bridgehead atoms. The Bertz CT molecular complexity index is 2730. The summed E-state index contributed by atoms with van der Waals surface area (Å²) in [6.07, 6.45) is 5.25.